The Hall–Kier alpha value is -2.00. The summed E-state index contributed by atoms with van der Waals surface area (Å²) < 4.78 is 83.7. The SMILES string of the molecule is CCCCCCCCCCCCC(OS(=O)(=O)c1ccccc1)C(=O)OS(=O)(=O)c1ccc(N)cc1.[O]=[Ti]([OH])[OH]. The molecule has 0 spiro atoms. The van der Waals surface area contributed by atoms with Gasteiger partial charge in [-0.15, -0.1) is 0 Å². The molecule has 0 aromatic heterocycles. The van der Waals surface area contributed by atoms with E-state index in [1.807, 2.05) is 0 Å². The molecule has 0 fully saturated rings. The molecule has 0 radical (unpaired) electrons. The molecule has 11 nitrogen and oxygen atoms in total. The number of rotatable bonds is 17. The molecule has 40 heavy (non-hydrogen) atoms. The van der Waals surface area contributed by atoms with Crippen molar-refractivity contribution in [1.82, 2.24) is 0 Å². The fourth-order valence-electron chi connectivity index (χ4n) is 3.66. The number of nitrogen functional groups attached to an aromatic ring is 1. The van der Waals surface area contributed by atoms with Gasteiger partial charge in [-0.3, -0.25) is 4.18 Å². The Morgan fingerprint density at radius 1 is 0.775 bits per heavy atom. The van der Waals surface area contributed by atoms with E-state index in [-0.39, 0.29) is 16.2 Å². The van der Waals surface area contributed by atoms with E-state index in [9.17, 15) is 21.6 Å². The molecular formula is C26H39NO10S2Ti. The summed E-state index contributed by atoms with van der Waals surface area (Å²) >= 11 is -3.58. The van der Waals surface area contributed by atoms with Crippen LogP contribution in [0.2, 0.25) is 0 Å². The second-order valence-electron chi connectivity index (χ2n) is 9.03. The molecule has 1 unspecified atom stereocenters. The van der Waals surface area contributed by atoms with Gasteiger partial charge in [0.1, 0.15) is 4.90 Å². The molecule has 2 aromatic carbocycles. The topological polar surface area (TPSA) is 187 Å². The van der Waals surface area contributed by atoms with Crippen molar-refractivity contribution in [3.05, 3.63) is 54.6 Å². The van der Waals surface area contributed by atoms with Gasteiger partial charge in [0.15, 0.2) is 6.10 Å². The fourth-order valence-corrected chi connectivity index (χ4v) is 5.63. The molecule has 0 bridgehead atoms. The molecule has 0 saturated carbocycles. The maximum absolute atomic E-state index is 12.8. The van der Waals surface area contributed by atoms with E-state index in [1.54, 1.807) is 6.07 Å². The van der Waals surface area contributed by atoms with Crippen LogP contribution in [0.4, 0.5) is 5.69 Å². The Bertz CT molecular complexity index is 1230. The Morgan fingerprint density at radius 3 is 1.73 bits per heavy atom. The second kappa shape index (κ2) is 19.2. The number of hydrogen-bond donors (Lipinski definition) is 3. The van der Waals surface area contributed by atoms with Gasteiger partial charge in [-0.25, -0.2) is 4.79 Å². The van der Waals surface area contributed by atoms with E-state index in [4.69, 9.17) is 24.8 Å². The van der Waals surface area contributed by atoms with Crippen molar-refractivity contribution in [3.8, 4) is 0 Å². The zero-order chi connectivity index (χ0) is 30.0. The number of nitrogens with two attached hydrogens (primary N) is 1. The van der Waals surface area contributed by atoms with Gasteiger partial charge in [0.2, 0.25) is 0 Å². The van der Waals surface area contributed by atoms with Crippen molar-refractivity contribution in [2.45, 2.75) is 93.4 Å². The molecule has 224 valence electrons. The number of carbonyl (C=O) groups excluding carboxylic acids is 1. The second-order valence-corrected chi connectivity index (χ2v) is 13.0. The van der Waals surface area contributed by atoms with Gasteiger partial charge in [-0.05, 0) is 42.8 Å². The van der Waals surface area contributed by atoms with Crippen LogP contribution in [-0.4, -0.2) is 36.3 Å². The number of benzene rings is 2. The zero-order valence-electron chi connectivity index (χ0n) is 22.6. The summed E-state index contributed by atoms with van der Waals surface area (Å²) in [6.45, 7) is 2.19. The quantitative estimate of drug-likeness (QED) is 0.0968. The number of hydrogen-bond acceptors (Lipinski definition) is 9. The van der Waals surface area contributed by atoms with Gasteiger partial charge >= 0.3 is 45.4 Å². The minimum absolute atomic E-state index is 0.0126. The molecular weight excluding hydrogens is 598 g/mol. The van der Waals surface area contributed by atoms with Crippen LogP contribution in [0.15, 0.2) is 64.4 Å². The van der Waals surface area contributed by atoms with Gasteiger partial charge in [0.25, 0.3) is 10.1 Å². The summed E-state index contributed by atoms with van der Waals surface area (Å²) in [6.07, 6.45) is 8.95. The average Bonchev–Trinajstić information content (AvgIpc) is 2.89. The van der Waals surface area contributed by atoms with Gasteiger partial charge in [0, 0.05) is 5.69 Å². The van der Waals surface area contributed by atoms with Crippen LogP contribution in [0.3, 0.4) is 0 Å². The third kappa shape index (κ3) is 15.1. The standard InChI is InChI=1S/C26H37NO7S2.2H2O.O.Ti/c1-2-3-4-5-6-7-8-9-10-14-17-25(33-35(29,30)23-15-12-11-13-16-23)26(28)34-36(31,32)24-20-18-22(27)19-21-24;;;;/h11-13,15-16,18-21,25H,2-10,14,17,27H2,1H3;2*1H2;;/q;;;;+2/p-2. The van der Waals surface area contributed by atoms with Crippen molar-refractivity contribution >= 4 is 31.9 Å². The van der Waals surface area contributed by atoms with Gasteiger partial charge in [0.05, 0.1) is 4.90 Å². The summed E-state index contributed by atoms with van der Waals surface area (Å²) in [5, 5.41) is 0. The molecule has 0 heterocycles. The Morgan fingerprint density at radius 2 is 1.23 bits per heavy atom. The zero-order valence-corrected chi connectivity index (χ0v) is 25.8. The summed E-state index contributed by atoms with van der Waals surface area (Å²) in [5.74, 6) is -1.28. The van der Waals surface area contributed by atoms with E-state index < -0.39 is 50.9 Å². The number of anilines is 1. The van der Waals surface area contributed by atoms with Gasteiger partial charge in [-0.2, -0.15) is 16.8 Å². The van der Waals surface area contributed by atoms with Crippen LogP contribution < -0.4 is 5.73 Å². The molecule has 0 aliphatic heterocycles. The first kappa shape index (κ1) is 36.0. The Balaban J connectivity index is 0.00000187. The Labute approximate surface area is 244 Å². The summed E-state index contributed by atoms with van der Waals surface area (Å²) in [5.41, 5.74) is 5.92. The summed E-state index contributed by atoms with van der Waals surface area (Å²) in [4.78, 5) is 12.4. The molecule has 0 aliphatic carbocycles. The third-order valence-electron chi connectivity index (χ3n) is 5.72. The molecule has 4 N–H and O–H groups in total. The molecule has 0 amide bonds. The first-order valence-electron chi connectivity index (χ1n) is 13.1. The van der Waals surface area contributed by atoms with E-state index >= 15 is 0 Å². The minimum atomic E-state index is -4.47. The van der Waals surface area contributed by atoms with Crippen LogP contribution in [-0.2, 0) is 55.3 Å². The normalized spacial score (nSPS) is 12.2. The van der Waals surface area contributed by atoms with Crippen molar-refractivity contribution in [1.29, 1.82) is 0 Å². The van der Waals surface area contributed by atoms with E-state index in [2.05, 4.69) is 6.92 Å². The Kier molecular flexibility index (Phi) is 17.3. The van der Waals surface area contributed by atoms with E-state index in [0.717, 1.165) is 25.7 Å². The fraction of sp³-hybridized carbons (Fsp3) is 0.500. The number of carbonyl (C=O) groups is 1. The predicted molar refractivity (Wildman–Crippen MR) is 144 cm³/mol. The molecule has 0 saturated heterocycles. The average molecular weight is 638 g/mol. The first-order valence-corrected chi connectivity index (χ1v) is 18.0. The summed E-state index contributed by atoms with van der Waals surface area (Å²) in [6, 6.07) is 12.5. The molecule has 2 rings (SSSR count). The van der Waals surface area contributed by atoms with Crippen LogP contribution in [0, 0.1) is 0 Å². The summed E-state index contributed by atoms with van der Waals surface area (Å²) in [7, 11) is -8.78. The van der Waals surface area contributed by atoms with E-state index in [0.29, 0.717) is 12.1 Å². The van der Waals surface area contributed by atoms with Crippen LogP contribution in [0.1, 0.15) is 77.6 Å². The van der Waals surface area contributed by atoms with Crippen molar-refractivity contribution in [3.63, 3.8) is 0 Å². The monoisotopic (exact) mass is 637 g/mol. The van der Waals surface area contributed by atoms with Gasteiger partial charge in [-0.1, -0.05) is 89.3 Å². The predicted octanol–water partition coefficient (Wildman–Crippen LogP) is 4.35. The van der Waals surface area contributed by atoms with Crippen LogP contribution >= 0.6 is 0 Å². The molecule has 2 aromatic rings. The maximum atomic E-state index is 12.8. The van der Waals surface area contributed by atoms with Crippen molar-refractivity contribution in [2.24, 2.45) is 0 Å². The first-order chi connectivity index (χ1) is 18.9. The third-order valence-corrected chi connectivity index (χ3v) is 8.29. The molecule has 0 aliphatic rings. The van der Waals surface area contributed by atoms with Gasteiger partial charge < -0.3 is 9.92 Å². The van der Waals surface area contributed by atoms with Crippen LogP contribution in [0.5, 0.6) is 0 Å². The van der Waals surface area contributed by atoms with Crippen molar-refractivity contribution < 1.29 is 59.3 Å². The van der Waals surface area contributed by atoms with E-state index in [1.165, 1.54) is 80.6 Å². The number of unbranched alkanes of at least 4 members (excludes halogenated alkanes) is 9. The molecule has 14 heteroatoms. The van der Waals surface area contributed by atoms with Crippen LogP contribution in [0.25, 0.3) is 0 Å². The van der Waals surface area contributed by atoms with Crippen molar-refractivity contribution in [2.75, 3.05) is 5.73 Å². The molecule has 1 atom stereocenters.